The summed E-state index contributed by atoms with van der Waals surface area (Å²) in [6, 6.07) is 13.0. The molecule has 3 aromatic heterocycles. The minimum atomic E-state index is 0.0259. The van der Waals surface area contributed by atoms with Crippen molar-refractivity contribution in [2.75, 3.05) is 0 Å². The van der Waals surface area contributed by atoms with E-state index >= 15 is 0 Å². The smallest absolute Gasteiger partial charge is 0.273 e. The van der Waals surface area contributed by atoms with E-state index in [9.17, 15) is 4.79 Å². The average Bonchev–Trinajstić information content (AvgIpc) is 3.22. The van der Waals surface area contributed by atoms with Crippen LogP contribution in [0.4, 0.5) is 0 Å². The number of nitrogens with zero attached hydrogens (tertiary/aromatic N) is 3. The van der Waals surface area contributed by atoms with E-state index in [1.165, 1.54) is 16.9 Å². The molecule has 0 bridgehead atoms. The summed E-state index contributed by atoms with van der Waals surface area (Å²) in [6.07, 6.45) is 2.12. The van der Waals surface area contributed by atoms with Crippen molar-refractivity contribution < 1.29 is 4.79 Å². The molecule has 0 N–H and O–H groups in total. The fourth-order valence-electron chi connectivity index (χ4n) is 3.61. The minimum absolute atomic E-state index is 0.0259. The molecule has 6 heteroatoms. The number of thiophene rings is 1. The summed E-state index contributed by atoms with van der Waals surface area (Å²) < 4.78 is 0. The van der Waals surface area contributed by atoms with Crippen LogP contribution in [0.1, 0.15) is 39.5 Å². The summed E-state index contributed by atoms with van der Waals surface area (Å²) in [7, 11) is 0. The lowest BCUT2D eigenvalue weighted by atomic mass is 10.1. The van der Waals surface area contributed by atoms with Gasteiger partial charge in [-0.05, 0) is 61.4 Å². The summed E-state index contributed by atoms with van der Waals surface area (Å²) in [6.45, 7) is 4.58. The van der Waals surface area contributed by atoms with Gasteiger partial charge in [0.1, 0.15) is 5.69 Å². The number of rotatable bonds is 5. The van der Waals surface area contributed by atoms with Crippen LogP contribution in [0.25, 0.3) is 21.5 Å². The van der Waals surface area contributed by atoms with Crippen molar-refractivity contribution in [3.8, 4) is 10.6 Å². The van der Waals surface area contributed by atoms with Crippen LogP contribution >= 0.6 is 22.7 Å². The first-order chi connectivity index (χ1) is 14.1. The van der Waals surface area contributed by atoms with Gasteiger partial charge in [0.25, 0.3) is 5.91 Å². The summed E-state index contributed by atoms with van der Waals surface area (Å²) in [5.74, 6) is 0.0259. The van der Waals surface area contributed by atoms with Gasteiger partial charge in [0, 0.05) is 23.4 Å². The Morgan fingerprint density at radius 2 is 2.00 bits per heavy atom. The van der Waals surface area contributed by atoms with Gasteiger partial charge in [0.2, 0.25) is 0 Å². The second kappa shape index (κ2) is 7.35. The molecule has 0 spiro atoms. The number of aromatic nitrogens is 2. The predicted molar refractivity (Wildman–Crippen MR) is 120 cm³/mol. The van der Waals surface area contributed by atoms with Gasteiger partial charge in [-0.3, -0.25) is 4.79 Å². The number of fused-ring (bicyclic) bond motifs is 1. The molecule has 3 heterocycles. The van der Waals surface area contributed by atoms with E-state index in [1.54, 1.807) is 11.3 Å². The van der Waals surface area contributed by atoms with Crippen molar-refractivity contribution >= 4 is 39.5 Å². The van der Waals surface area contributed by atoms with Gasteiger partial charge < -0.3 is 4.90 Å². The molecule has 1 saturated carbocycles. The molecular weight excluding hydrogens is 398 g/mol. The fourth-order valence-corrected chi connectivity index (χ4v) is 4.95. The van der Waals surface area contributed by atoms with Gasteiger partial charge in [0.15, 0.2) is 0 Å². The summed E-state index contributed by atoms with van der Waals surface area (Å²) in [5.41, 5.74) is 4.82. The van der Waals surface area contributed by atoms with Crippen LogP contribution in [0.3, 0.4) is 0 Å². The molecule has 29 heavy (non-hydrogen) atoms. The first kappa shape index (κ1) is 18.5. The monoisotopic (exact) mass is 419 g/mol. The molecule has 0 radical (unpaired) electrons. The average molecular weight is 420 g/mol. The molecule has 5 rings (SSSR count). The third kappa shape index (κ3) is 3.70. The van der Waals surface area contributed by atoms with Crippen LogP contribution in [-0.4, -0.2) is 26.8 Å². The summed E-state index contributed by atoms with van der Waals surface area (Å²) in [5, 5.41) is 5.97. The molecule has 146 valence electrons. The van der Waals surface area contributed by atoms with Crippen LogP contribution in [-0.2, 0) is 6.54 Å². The maximum atomic E-state index is 13.2. The van der Waals surface area contributed by atoms with Crippen molar-refractivity contribution in [1.82, 2.24) is 14.9 Å². The number of hydrogen-bond donors (Lipinski definition) is 0. The van der Waals surface area contributed by atoms with E-state index in [4.69, 9.17) is 4.98 Å². The molecule has 4 aromatic rings. The van der Waals surface area contributed by atoms with Gasteiger partial charge in [0.05, 0.1) is 21.1 Å². The van der Waals surface area contributed by atoms with E-state index in [0.717, 1.165) is 44.9 Å². The quantitative estimate of drug-likeness (QED) is 0.408. The van der Waals surface area contributed by atoms with E-state index < -0.39 is 0 Å². The van der Waals surface area contributed by atoms with Crippen molar-refractivity contribution in [2.24, 2.45) is 0 Å². The molecule has 1 aliphatic rings. The molecule has 1 aromatic carbocycles. The lowest BCUT2D eigenvalue weighted by Gasteiger charge is -2.23. The Morgan fingerprint density at radius 1 is 1.14 bits per heavy atom. The largest absolute Gasteiger partial charge is 0.330 e. The third-order valence-corrected chi connectivity index (χ3v) is 6.88. The fraction of sp³-hybridized carbons (Fsp3) is 0.261. The molecule has 1 aliphatic carbocycles. The molecule has 0 atom stereocenters. The minimum Gasteiger partial charge on any atom is -0.330 e. The Morgan fingerprint density at radius 3 is 2.69 bits per heavy atom. The highest BCUT2D eigenvalue weighted by molar-refractivity contribution is 7.13. The van der Waals surface area contributed by atoms with Crippen LogP contribution in [0.2, 0.25) is 0 Å². The molecule has 0 saturated heterocycles. The molecule has 0 aliphatic heterocycles. The van der Waals surface area contributed by atoms with Crippen LogP contribution in [0.5, 0.6) is 0 Å². The molecule has 1 fully saturated rings. The van der Waals surface area contributed by atoms with Crippen LogP contribution < -0.4 is 0 Å². The highest BCUT2D eigenvalue weighted by Crippen LogP contribution is 2.34. The number of aryl methyl sites for hydroxylation is 2. The highest BCUT2D eigenvalue weighted by atomic mass is 32.1. The third-order valence-electron chi connectivity index (χ3n) is 5.23. The van der Waals surface area contributed by atoms with E-state index in [1.807, 2.05) is 23.3 Å². The zero-order valence-corrected chi connectivity index (χ0v) is 18.0. The van der Waals surface area contributed by atoms with Crippen molar-refractivity contribution in [3.63, 3.8) is 0 Å². The Bertz CT molecular complexity index is 1190. The summed E-state index contributed by atoms with van der Waals surface area (Å²) in [4.78, 5) is 25.8. The topological polar surface area (TPSA) is 46.1 Å². The Labute approximate surface area is 177 Å². The normalized spacial score (nSPS) is 13.7. The number of hydrogen-bond acceptors (Lipinski definition) is 5. The number of carbonyl (C=O) groups is 1. The summed E-state index contributed by atoms with van der Waals surface area (Å²) >= 11 is 3.21. The van der Waals surface area contributed by atoms with E-state index in [0.29, 0.717) is 18.3 Å². The number of benzene rings is 1. The van der Waals surface area contributed by atoms with Crippen molar-refractivity contribution in [2.45, 2.75) is 39.3 Å². The van der Waals surface area contributed by atoms with Crippen molar-refractivity contribution in [1.29, 1.82) is 0 Å². The van der Waals surface area contributed by atoms with Gasteiger partial charge >= 0.3 is 0 Å². The van der Waals surface area contributed by atoms with Gasteiger partial charge in [-0.25, -0.2) is 9.97 Å². The second-order valence-electron chi connectivity index (χ2n) is 7.59. The predicted octanol–water partition coefficient (Wildman–Crippen LogP) is 5.84. The van der Waals surface area contributed by atoms with Gasteiger partial charge in [-0.1, -0.05) is 18.2 Å². The SMILES string of the molecule is Cc1ccc2cc(CN(C(=O)c3csc(C)n3)C3CC3)c(-c3cccs3)nc2c1. The second-order valence-corrected chi connectivity index (χ2v) is 9.60. The zero-order chi connectivity index (χ0) is 20.0. The maximum absolute atomic E-state index is 13.2. The number of pyridine rings is 1. The van der Waals surface area contributed by atoms with Crippen LogP contribution in [0.15, 0.2) is 47.2 Å². The number of amides is 1. The lowest BCUT2D eigenvalue weighted by molar-refractivity contribution is 0.0725. The standard InChI is InChI=1S/C23H21N3OS2/c1-14-5-6-16-11-17(22(25-19(16)10-14)21-4-3-9-28-21)12-26(18-7-8-18)23(27)20-13-29-15(2)24-20/h3-6,9-11,13,18H,7-8,12H2,1-2H3. The molecular formula is C23H21N3OS2. The highest BCUT2D eigenvalue weighted by Gasteiger charge is 2.34. The molecule has 1 amide bonds. The first-order valence-corrected chi connectivity index (χ1v) is 11.5. The molecule has 4 nitrogen and oxygen atoms in total. The van der Waals surface area contributed by atoms with Crippen LogP contribution in [0, 0.1) is 13.8 Å². The zero-order valence-electron chi connectivity index (χ0n) is 16.4. The number of thiazole rings is 1. The van der Waals surface area contributed by atoms with E-state index in [2.05, 4.69) is 47.6 Å². The number of carbonyl (C=O) groups excluding carboxylic acids is 1. The van der Waals surface area contributed by atoms with Crippen molar-refractivity contribution in [3.05, 3.63) is 69.0 Å². The Balaban J connectivity index is 1.58. The lowest BCUT2D eigenvalue weighted by Crippen LogP contribution is -2.33. The molecule has 0 unspecified atom stereocenters. The van der Waals surface area contributed by atoms with Gasteiger partial charge in [-0.15, -0.1) is 22.7 Å². The van der Waals surface area contributed by atoms with Gasteiger partial charge in [-0.2, -0.15) is 0 Å². The maximum Gasteiger partial charge on any atom is 0.273 e. The van der Waals surface area contributed by atoms with E-state index in [-0.39, 0.29) is 5.91 Å². The Hall–Kier alpha value is -2.57. The Kier molecular flexibility index (Phi) is 4.68. The first-order valence-electron chi connectivity index (χ1n) is 9.76.